The van der Waals surface area contributed by atoms with E-state index in [1.807, 2.05) is 55.5 Å². The van der Waals surface area contributed by atoms with Gasteiger partial charge in [-0.3, -0.25) is 9.98 Å². The van der Waals surface area contributed by atoms with Crippen molar-refractivity contribution in [1.29, 1.82) is 0 Å². The van der Waals surface area contributed by atoms with Gasteiger partial charge in [-0.15, -0.1) is 0 Å². The number of aliphatic imine (C=N–C) groups is 2. The van der Waals surface area contributed by atoms with Crippen LogP contribution in [0.15, 0.2) is 107 Å². The molecule has 0 saturated carbocycles. The molecule has 0 bridgehead atoms. The van der Waals surface area contributed by atoms with Crippen LogP contribution in [0.1, 0.15) is 73.0 Å². The molecule has 6 rings (SSSR count). The zero-order valence-electron chi connectivity index (χ0n) is 30.8. The van der Waals surface area contributed by atoms with Gasteiger partial charge < -0.3 is 25.2 Å². The SMILES string of the molecule is CCOC(=O)c1ccc(C(=O)O)c(N=Cc2c(C)nn(-c3ccccc3)c2O)c1.CCc1ccc(C(=O)O)c(N=Cc2c(C)nn(-c3ccccc3)c2O)c1.[Cr]. The first-order valence-corrected chi connectivity index (χ1v) is 17.1. The first-order valence-electron chi connectivity index (χ1n) is 17.1. The molecule has 14 nitrogen and oxygen atoms in total. The smallest absolute Gasteiger partial charge is 0.338 e. The molecule has 2 aromatic heterocycles. The molecule has 0 atom stereocenters. The number of rotatable bonds is 11. The Bertz CT molecular complexity index is 2410. The third-order valence-corrected chi connectivity index (χ3v) is 8.27. The van der Waals surface area contributed by atoms with Gasteiger partial charge in [-0.1, -0.05) is 49.4 Å². The second kappa shape index (κ2) is 19.0. The van der Waals surface area contributed by atoms with Gasteiger partial charge in [-0.2, -0.15) is 10.2 Å². The zero-order chi connectivity index (χ0) is 39.6. The van der Waals surface area contributed by atoms with Crippen molar-refractivity contribution in [3.8, 4) is 23.1 Å². The van der Waals surface area contributed by atoms with Crippen molar-refractivity contribution in [3.63, 3.8) is 0 Å². The van der Waals surface area contributed by atoms with E-state index in [1.165, 1.54) is 40.0 Å². The fourth-order valence-electron chi connectivity index (χ4n) is 5.37. The quantitative estimate of drug-likeness (QED) is 0.0756. The first-order chi connectivity index (χ1) is 26.4. The summed E-state index contributed by atoms with van der Waals surface area (Å²) < 4.78 is 7.74. The first kappa shape index (κ1) is 41.9. The summed E-state index contributed by atoms with van der Waals surface area (Å²) in [6, 6.07) is 27.4. The number of nitrogens with zero attached hydrogens (tertiary/aromatic N) is 6. The Labute approximate surface area is 332 Å². The Hall–Kier alpha value is -6.82. The number of aromatic carboxylic acids is 2. The molecule has 0 aliphatic rings. The second-order valence-corrected chi connectivity index (χ2v) is 11.9. The molecule has 0 aliphatic heterocycles. The number of ether oxygens (including phenoxy) is 1. The molecule has 15 heteroatoms. The van der Waals surface area contributed by atoms with Crippen molar-refractivity contribution in [2.45, 2.75) is 34.1 Å². The maximum atomic E-state index is 11.9. The van der Waals surface area contributed by atoms with Crippen molar-refractivity contribution in [1.82, 2.24) is 19.6 Å². The summed E-state index contributed by atoms with van der Waals surface area (Å²) >= 11 is 0. The van der Waals surface area contributed by atoms with Crippen molar-refractivity contribution in [2.24, 2.45) is 9.98 Å². The summed E-state index contributed by atoms with van der Waals surface area (Å²) in [7, 11) is 0. The van der Waals surface area contributed by atoms with Crippen LogP contribution in [0.5, 0.6) is 11.8 Å². The number of carboxylic acid groups (broad SMARTS) is 2. The van der Waals surface area contributed by atoms with E-state index >= 15 is 0 Å². The van der Waals surface area contributed by atoms with Gasteiger partial charge in [-0.05, 0) is 87.4 Å². The number of hydrogen-bond acceptors (Lipinski definition) is 10. The van der Waals surface area contributed by atoms with Crippen LogP contribution in [0.25, 0.3) is 11.4 Å². The number of para-hydroxylation sites is 2. The minimum Gasteiger partial charge on any atom is -0.493 e. The van der Waals surface area contributed by atoms with E-state index < -0.39 is 17.9 Å². The van der Waals surface area contributed by atoms with Gasteiger partial charge in [0.25, 0.3) is 0 Å². The molecule has 0 aliphatic carbocycles. The van der Waals surface area contributed by atoms with Crippen LogP contribution in [0, 0.1) is 13.8 Å². The fraction of sp³-hybridized carbons (Fsp3) is 0.146. The van der Waals surface area contributed by atoms with Crippen LogP contribution in [0.3, 0.4) is 0 Å². The molecular weight excluding hydrogens is 756 g/mol. The predicted molar refractivity (Wildman–Crippen MR) is 207 cm³/mol. The van der Waals surface area contributed by atoms with E-state index in [-0.39, 0.29) is 58.1 Å². The Kier molecular flexibility index (Phi) is 14.2. The van der Waals surface area contributed by atoms with Crippen LogP contribution in [0.2, 0.25) is 0 Å². The number of benzene rings is 4. The minimum atomic E-state index is -1.19. The third kappa shape index (κ3) is 9.64. The molecule has 2 heterocycles. The van der Waals surface area contributed by atoms with Crippen molar-refractivity contribution < 1.29 is 56.9 Å². The van der Waals surface area contributed by atoms with Crippen molar-refractivity contribution in [2.75, 3.05) is 6.61 Å². The molecule has 4 N–H and O–H groups in total. The van der Waals surface area contributed by atoms with Crippen LogP contribution in [-0.2, 0) is 28.5 Å². The van der Waals surface area contributed by atoms with Crippen LogP contribution < -0.4 is 0 Å². The van der Waals surface area contributed by atoms with Gasteiger partial charge in [0, 0.05) is 29.8 Å². The second-order valence-electron chi connectivity index (χ2n) is 11.9. The molecule has 56 heavy (non-hydrogen) atoms. The molecule has 286 valence electrons. The number of aromatic nitrogens is 4. The van der Waals surface area contributed by atoms with Gasteiger partial charge >= 0.3 is 17.9 Å². The molecule has 0 saturated heterocycles. The predicted octanol–water partition coefficient (Wildman–Crippen LogP) is 7.41. The molecule has 6 aromatic rings. The number of carboxylic acids is 2. The van der Waals surface area contributed by atoms with E-state index in [1.54, 1.807) is 51.1 Å². The number of esters is 1. The summed E-state index contributed by atoms with van der Waals surface area (Å²) in [5.74, 6) is -2.97. The summed E-state index contributed by atoms with van der Waals surface area (Å²) in [4.78, 5) is 43.4. The summed E-state index contributed by atoms with van der Waals surface area (Å²) in [6.45, 7) is 7.33. The van der Waals surface area contributed by atoms with Gasteiger partial charge in [0.15, 0.2) is 0 Å². The third-order valence-electron chi connectivity index (χ3n) is 8.27. The van der Waals surface area contributed by atoms with E-state index in [2.05, 4.69) is 20.2 Å². The van der Waals surface area contributed by atoms with E-state index in [0.717, 1.165) is 17.7 Å². The zero-order valence-corrected chi connectivity index (χ0v) is 32.1. The van der Waals surface area contributed by atoms with Gasteiger partial charge in [-0.25, -0.2) is 23.7 Å². The Morgan fingerprint density at radius 1 is 0.679 bits per heavy atom. The standard InChI is InChI=1S/C21H19N3O5.C20H19N3O3.Cr/c1-3-29-21(28)14-9-10-16(20(26)27)18(11-14)22-12-17-13(2)23-24(19(17)25)15-7-5-4-6-8-15;1-3-14-9-10-16(20(25)26)18(11-14)21-12-17-13(2)22-23(19(17)24)15-7-5-4-6-8-15;/h4-12,25H,3H2,1-2H3,(H,26,27);4-12,24H,3H2,1-2H3,(H,25,26);. The van der Waals surface area contributed by atoms with E-state index in [4.69, 9.17) is 4.74 Å². The van der Waals surface area contributed by atoms with E-state index in [9.17, 15) is 34.8 Å². The van der Waals surface area contributed by atoms with Gasteiger partial charge in [0.05, 0.1) is 68.6 Å². The Morgan fingerprint density at radius 2 is 1.12 bits per heavy atom. The normalized spacial score (nSPS) is 10.9. The molecule has 4 aromatic carbocycles. The largest absolute Gasteiger partial charge is 0.493 e. The Morgan fingerprint density at radius 3 is 1.55 bits per heavy atom. The molecule has 0 unspecified atom stereocenters. The maximum Gasteiger partial charge on any atom is 0.338 e. The number of aryl methyl sites for hydroxylation is 3. The molecule has 0 radical (unpaired) electrons. The summed E-state index contributed by atoms with van der Waals surface area (Å²) in [6.07, 6.45) is 3.56. The van der Waals surface area contributed by atoms with Gasteiger partial charge in [0.1, 0.15) is 0 Å². The molecule has 0 amide bonds. The number of carbonyl (C=O) groups is 3. The maximum absolute atomic E-state index is 11.9. The fourth-order valence-corrected chi connectivity index (χ4v) is 5.37. The van der Waals surface area contributed by atoms with Crippen LogP contribution >= 0.6 is 0 Å². The molecule has 0 spiro atoms. The number of aromatic hydroxyl groups is 2. The van der Waals surface area contributed by atoms with Crippen molar-refractivity contribution in [3.05, 3.63) is 142 Å². The minimum absolute atomic E-state index is 0. The average molecular weight is 795 g/mol. The average Bonchev–Trinajstić information content (AvgIpc) is 3.64. The summed E-state index contributed by atoms with van der Waals surface area (Å²) in [5, 5.41) is 48.5. The number of carbonyl (C=O) groups excluding carboxylic acids is 1. The summed E-state index contributed by atoms with van der Waals surface area (Å²) in [5.41, 5.74) is 4.92. The number of hydrogen-bond donors (Lipinski definition) is 4. The molecule has 0 fully saturated rings. The van der Waals surface area contributed by atoms with E-state index in [0.29, 0.717) is 33.9 Å². The topological polar surface area (TPSA) is 202 Å². The van der Waals surface area contributed by atoms with Gasteiger partial charge in [0.2, 0.25) is 11.8 Å². The van der Waals surface area contributed by atoms with Crippen LogP contribution in [-0.4, -0.2) is 76.9 Å². The monoisotopic (exact) mass is 794 g/mol. The van der Waals surface area contributed by atoms with Crippen LogP contribution in [0.4, 0.5) is 11.4 Å². The van der Waals surface area contributed by atoms with Crippen molar-refractivity contribution >= 4 is 41.7 Å². The Balaban J connectivity index is 0.000000246. The molecular formula is C41H38CrN6O8.